The van der Waals surface area contributed by atoms with Gasteiger partial charge in [-0.25, -0.2) is 0 Å². The summed E-state index contributed by atoms with van der Waals surface area (Å²) in [6.45, 7) is 0. The Morgan fingerprint density at radius 1 is 0.758 bits per heavy atom. The fourth-order valence-electron chi connectivity index (χ4n) is 3.39. The molecule has 0 amide bonds. The van der Waals surface area contributed by atoms with Crippen LogP contribution >= 0.6 is 0 Å². The molecule has 0 bridgehead atoms. The number of nitrogens with zero attached hydrogens (tertiary/aromatic N) is 1. The molecule has 0 spiro atoms. The Morgan fingerprint density at radius 3 is 1.91 bits per heavy atom. The largest absolute Gasteiger partial charge is 2.00 e. The molecule has 2 aliphatic carbocycles. The minimum Gasteiger partial charge on any atom is -0.299 e. The van der Waals surface area contributed by atoms with Gasteiger partial charge >= 0.3 is 17.1 Å². The van der Waals surface area contributed by atoms with Gasteiger partial charge in [-0.3, -0.25) is 19.7 Å². The second-order valence-corrected chi connectivity index (χ2v) is 7.31. The van der Waals surface area contributed by atoms with Crippen molar-refractivity contribution in [2.45, 2.75) is 18.8 Å². The number of nitro benzene ring substituents is 1. The van der Waals surface area contributed by atoms with Crippen LogP contribution in [0.15, 0.2) is 54.6 Å². The van der Waals surface area contributed by atoms with Crippen molar-refractivity contribution < 1.29 is 31.6 Å². The van der Waals surface area contributed by atoms with E-state index in [-0.39, 0.29) is 47.2 Å². The van der Waals surface area contributed by atoms with Crippen molar-refractivity contribution in [2.75, 3.05) is 0 Å². The summed E-state index contributed by atoms with van der Waals surface area (Å²) in [5.41, 5.74) is 1.13. The Kier molecular flexibility index (Phi) is 11.5. The topological polar surface area (TPSA) is 77.3 Å². The Balaban J connectivity index is 0.000000568. The molecule has 166 valence electrons. The van der Waals surface area contributed by atoms with Gasteiger partial charge in [0.25, 0.3) is 5.69 Å². The summed E-state index contributed by atoms with van der Waals surface area (Å²) in [6.07, 6.45) is 17.2. The van der Waals surface area contributed by atoms with Crippen LogP contribution in [0, 0.1) is 73.8 Å². The van der Waals surface area contributed by atoms with Gasteiger partial charge in [-0.1, -0.05) is 42.5 Å². The van der Waals surface area contributed by atoms with Crippen LogP contribution in [-0.4, -0.2) is 16.5 Å². The molecule has 0 saturated heterocycles. The van der Waals surface area contributed by atoms with Gasteiger partial charge in [0.2, 0.25) is 0 Å². The smallest absolute Gasteiger partial charge is 0.299 e. The monoisotopic (exact) mass is 481 g/mol. The second kappa shape index (κ2) is 14.1. The minimum absolute atomic E-state index is 0. The molecule has 0 aromatic heterocycles. The molecule has 33 heavy (non-hydrogen) atoms. The summed E-state index contributed by atoms with van der Waals surface area (Å²) in [4.78, 5) is 35.9. The fraction of sp³-hybridized carbons (Fsp3) is 0.111. The molecule has 6 heteroatoms. The van der Waals surface area contributed by atoms with E-state index < -0.39 is 10.8 Å². The Bertz CT molecular complexity index is 898. The van der Waals surface area contributed by atoms with E-state index in [2.05, 4.69) is 0 Å². The van der Waals surface area contributed by atoms with Gasteiger partial charge in [-0.05, 0) is 69.3 Å². The number of ketones is 2. The van der Waals surface area contributed by atoms with Crippen molar-refractivity contribution >= 4 is 17.3 Å². The first-order valence-corrected chi connectivity index (χ1v) is 10.3. The van der Waals surface area contributed by atoms with Crippen LogP contribution in [0.1, 0.15) is 34.7 Å². The molecule has 2 aliphatic rings. The van der Waals surface area contributed by atoms with Crippen molar-refractivity contribution in [3.63, 3.8) is 0 Å². The summed E-state index contributed by atoms with van der Waals surface area (Å²) < 4.78 is 0. The van der Waals surface area contributed by atoms with E-state index in [1.807, 2.05) is 38.2 Å². The van der Waals surface area contributed by atoms with Crippen molar-refractivity contribution in [2.24, 2.45) is 0 Å². The number of hydrogen-bond acceptors (Lipinski definition) is 4. The van der Waals surface area contributed by atoms with Crippen LogP contribution in [0.3, 0.4) is 0 Å². The van der Waals surface area contributed by atoms with Crippen LogP contribution in [-0.2, 0) is 21.9 Å². The number of hydrogen-bond donors (Lipinski definition) is 0. The number of non-ortho nitro benzene ring substituents is 1. The second-order valence-electron chi connectivity index (χ2n) is 7.31. The van der Waals surface area contributed by atoms with Crippen LogP contribution in [0.4, 0.5) is 5.69 Å². The number of nitro groups is 1. The minimum atomic E-state index is -0.474. The molecule has 4 rings (SSSR count). The van der Waals surface area contributed by atoms with E-state index in [0.29, 0.717) is 17.0 Å². The average Bonchev–Trinajstić information content (AvgIpc) is 3.56. The molecular formula is C27H23FeNO4+2. The number of benzene rings is 2. The quantitative estimate of drug-likeness (QED) is 0.221. The first-order valence-electron chi connectivity index (χ1n) is 10.3. The molecule has 0 heterocycles. The number of rotatable bonds is 8. The van der Waals surface area contributed by atoms with Gasteiger partial charge in [-0.15, -0.1) is 0 Å². The van der Waals surface area contributed by atoms with Gasteiger partial charge in [0.15, 0.2) is 5.78 Å². The maximum atomic E-state index is 12.7. The van der Waals surface area contributed by atoms with Crippen LogP contribution in [0.25, 0.3) is 0 Å². The Hall–Kier alpha value is -2.30. The Morgan fingerprint density at radius 2 is 1.33 bits per heavy atom. The molecule has 5 nitrogen and oxygen atoms in total. The summed E-state index contributed by atoms with van der Waals surface area (Å²) in [6, 6.07) is 15.0. The molecule has 1 unspecified atom stereocenters. The fourth-order valence-corrected chi connectivity index (χ4v) is 3.39. The summed E-state index contributed by atoms with van der Waals surface area (Å²) in [5.74, 6) is -0.0302. The number of carbonyl (C=O) groups is 2. The molecular weight excluding hydrogens is 458 g/mol. The van der Waals surface area contributed by atoms with Crippen LogP contribution in [0.5, 0.6) is 0 Å². The van der Waals surface area contributed by atoms with Crippen molar-refractivity contribution in [1.82, 2.24) is 0 Å². The van der Waals surface area contributed by atoms with E-state index in [4.69, 9.17) is 0 Å². The van der Waals surface area contributed by atoms with E-state index in [0.717, 1.165) is 0 Å². The van der Waals surface area contributed by atoms with Crippen LogP contribution in [0.2, 0.25) is 0 Å². The van der Waals surface area contributed by atoms with E-state index in [1.165, 1.54) is 12.1 Å². The third kappa shape index (κ3) is 8.53. The number of Topliss-reactive ketones (excluding diaryl/α,β-unsaturated/α-hetero) is 2. The Labute approximate surface area is 207 Å². The van der Waals surface area contributed by atoms with Crippen molar-refractivity contribution in [1.29, 1.82) is 0 Å². The zero-order chi connectivity index (χ0) is 22.8. The van der Waals surface area contributed by atoms with E-state index in [9.17, 15) is 19.7 Å². The number of carbonyl (C=O) groups excluding carboxylic acids is 2. The molecule has 0 N–H and O–H groups in total. The normalized spacial score (nSPS) is 16.2. The predicted molar refractivity (Wildman–Crippen MR) is 123 cm³/mol. The maximum absolute atomic E-state index is 12.7. The SMILES string of the molecule is O=C(CC(CC(=O)c1ccccc1)c1cccc([N+](=O)[O-])c1)[C]1[CH][CH][CH][CH]1.[CH]1[CH][CH][CH][CH]1.[Fe+2]. The summed E-state index contributed by atoms with van der Waals surface area (Å²) in [5, 5.41) is 11.1. The van der Waals surface area contributed by atoms with Gasteiger partial charge in [0.05, 0.1) is 4.92 Å². The first-order chi connectivity index (χ1) is 15.5. The molecule has 2 fully saturated rings. The maximum Gasteiger partial charge on any atom is 2.00 e. The predicted octanol–water partition coefficient (Wildman–Crippen LogP) is 5.33. The third-order valence-corrected chi connectivity index (χ3v) is 5.05. The molecule has 0 aliphatic heterocycles. The zero-order valence-corrected chi connectivity index (χ0v) is 18.9. The van der Waals surface area contributed by atoms with Crippen molar-refractivity contribution in [3.05, 3.63) is 140 Å². The standard InChI is InChI=1S/C22H18NO4.C5H5.Fe/c24-21(16-7-2-1-3-8-16)14-19(15-22(25)17-9-4-5-10-17)18-11-6-12-20(13-18)23(26)27;1-2-4-5-3-1;/h1-13,19H,14-15H2;1-5H;/q;;+2. The van der Waals surface area contributed by atoms with E-state index >= 15 is 0 Å². The first kappa shape index (κ1) is 26.9. The molecule has 2 saturated carbocycles. The third-order valence-electron chi connectivity index (χ3n) is 5.05. The molecule has 1 atom stereocenters. The summed E-state index contributed by atoms with van der Waals surface area (Å²) >= 11 is 0. The van der Waals surface area contributed by atoms with Crippen molar-refractivity contribution in [3.8, 4) is 0 Å². The zero-order valence-electron chi connectivity index (χ0n) is 17.8. The van der Waals surface area contributed by atoms with E-state index in [1.54, 1.807) is 62.1 Å². The van der Waals surface area contributed by atoms with Gasteiger partial charge < -0.3 is 0 Å². The average molecular weight is 481 g/mol. The molecule has 10 radical (unpaired) electrons. The summed E-state index contributed by atoms with van der Waals surface area (Å²) in [7, 11) is 0. The molecule has 2 aromatic rings. The van der Waals surface area contributed by atoms with Gasteiger partial charge in [0.1, 0.15) is 5.78 Å². The van der Waals surface area contributed by atoms with Gasteiger partial charge in [-0.2, -0.15) is 0 Å². The van der Waals surface area contributed by atoms with Crippen LogP contribution < -0.4 is 0 Å². The van der Waals surface area contributed by atoms with Gasteiger partial charge in [0, 0.05) is 36.5 Å². The molecule has 2 aromatic carbocycles.